The number of Topliss-reactive ketones (excluding diaryl/α,β-unsaturated/α-hetero) is 1. The molecule has 1 saturated carbocycles. The molecule has 1 aliphatic carbocycles. The van der Waals surface area contributed by atoms with Crippen molar-refractivity contribution in [3.05, 3.63) is 24.2 Å². The molecule has 0 amide bonds. The van der Waals surface area contributed by atoms with Crippen LogP contribution in [0, 0.1) is 0 Å². The topological polar surface area (TPSA) is 56.2 Å². The molecule has 0 aliphatic heterocycles. The van der Waals surface area contributed by atoms with Gasteiger partial charge in [-0.1, -0.05) is 0 Å². The Morgan fingerprint density at radius 1 is 1.57 bits per heavy atom. The van der Waals surface area contributed by atoms with E-state index in [1.54, 1.807) is 12.5 Å². The standard InChI is InChI=1S/C11H15NO2/c12-11(3-1-4-11)7-10(13)6-9-2-5-14-8-9/h2,5,8H,1,3-4,6-7,12H2. The minimum absolute atomic E-state index is 0.194. The van der Waals surface area contributed by atoms with Crippen LogP contribution in [0.4, 0.5) is 0 Å². The number of nitrogens with two attached hydrogens (primary N) is 1. The summed E-state index contributed by atoms with van der Waals surface area (Å²) in [5.41, 5.74) is 6.74. The van der Waals surface area contributed by atoms with Crippen LogP contribution in [0.5, 0.6) is 0 Å². The van der Waals surface area contributed by atoms with Crippen molar-refractivity contribution >= 4 is 5.78 Å². The summed E-state index contributed by atoms with van der Waals surface area (Å²) in [4.78, 5) is 11.6. The first-order valence-corrected chi connectivity index (χ1v) is 5.00. The van der Waals surface area contributed by atoms with Crippen molar-refractivity contribution < 1.29 is 9.21 Å². The molecule has 1 fully saturated rings. The predicted molar refractivity (Wildman–Crippen MR) is 52.8 cm³/mol. The number of furan rings is 1. The molecular weight excluding hydrogens is 178 g/mol. The molecule has 3 nitrogen and oxygen atoms in total. The van der Waals surface area contributed by atoms with E-state index in [0.717, 1.165) is 24.8 Å². The van der Waals surface area contributed by atoms with Crippen molar-refractivity contribution in [3.63, 3.8) is 0 Å². The molecule has 1 aliphatic rings. The lowest BCUT2D eigenvalue weighted by Gasteiger charge is -2.37. The number of rotatable bonds is 4. The smallest absolute Gasteiger partial charge is 0.139 e. The van der Waals surface area contributed by atoms with Gasteiger partial charge in [-0.05, 0) is 30.9 Å². The number of ketones is 1. The van der Waals surface area contributed by atoms with E-state index in [4.69, 9.17) is 10.2 Å². The highest BCUT2D eigenvalue weighted by molar-refractivity contribution is 5.82. The lowest BCUT2D eigenvalue weighted by Crippen LogP contribution is -2.48. The maximum atomic E-state index is 11.6. The second kappa shape index (κ2) is 3.58. The number of hydrogen-bond donors (Lipinski definition) is 1. The molecule has 0 aromatic carbocycles. The average Bonchev–Trinajstić information content (AvgIpc) is 2.53. The molecule has 0 spiro atoms. The quantitative estimate of drug-likeness (QED) is 0.791. The molecule has 1 heterocycles. The molecule has 2 rings (SSSR count). The monoisotopic (exact) mass is 193 g/mol. The Kier molecular flexibility index (Phi) is 2.42. The zero-order valence-corrected chi connectivity index (χ0v) is 8.16. The van der Waals surface area contributed by atoms with Gasteiger partial charge < -0.3 is 10.2 Å². The molecule has 14 heavy (non-hydrogen) atoms. The Morgan fingerprint density at radius 2 is 2.36 bits per heavy atom. The van der Waals surface area contributed by atoms with Gasteiger partial charge in [0.05, 0.1) is 12.5 Å². The summed E-state index contributed by atoms with van der Waals surface area (Å²) in [7, 11) is 0. The largest absolute Gasteiger partial charge is 0.472 e. The molecule has 0 unspecified atom stereocenters. The van der Waals surface area contributed by atoms with Crippen molar-refractivity contribution in [1.82, 2.24) is 0 Å². The molecule has 1 aromatic heterocycles. The average molecular weight is 193 g/mol. The van der Waals surface area contributed by atoms with Crippen LogP contribution in [0.2, 0.25) is 0 Å². The molecule has 0 saturated heterocycles. The summed E-state index contributed by atoms with van der Waals surface area (Å²) in [6.45, 7) is 0. The highest BCUT2D eigenvalue weighted by Crippen LogP contribution is 2.32. The van der Waals surface area contributed by atoms with Gasteiger partial charge in [-0.15, -0.1) is 0 Å². The molecule has 0 bridgehead atoms. The SMILES string of the molecule is NC1(CC(=O)Cc2ccoc2)CCC1. The number of carbonyl (C=O) groups is 1. The predicted octanol–water partition coefficient (Wildman–Crippen LogP) is 1.66. The lowest BCUT2D eigenvalue weighted by molar-refractivity contribution is -0.120. The highest BCUT2D eigenvalue weighted by atomic mass is 16.3. The Labute approximate surface area is 83.3 Å². The summed E-state index contributed by atoms with van der Waals surface area (Å²) in [6, 6.07) is 1.82. The maximum absolute atomic E-state index is 11.6. The highest BCUT2D eigenvalue weighted by Gasteiger charge is 2.34. The van der Waals surface area contributed by atoms with Crippen LogP contribution in [0.15, 0.2) is 23.0 Å². The minimum Gasteiger partial charge on any atom is -0.472 e. The first kappa shape index (κ1) is 9.46. The molecular formula is C11H15NO2. The van der Waals surface area contributed by atoms with E-state index in [0.29, 0.717) is 12.8 Å². The Hall–Kier alpha value is -1.09. The lowest BCUT2D eigenvalue weighted by atomic mass is 9.74. The summed E-state index contributed by atoms with van der Waals surface area (Å²) in [6.07, 6.45) is 7.31. The van der Waals surface area contributed by atoms with E-state index >= 15 is 0 Å². The molecule has 0 radical (unpaired) electrons. The third-order valence-corrected chi connectivity index (χ3v) is 2.88. The first-order valence-electron chi connectivity index (χ1n) is 5.00. The minimum atomic E-state index is -0.194. The van der Waals surface area contributed by atoms with E-state index in [-0.39, 0.29) is 11.3 Å². The third kappa shape index (κ3) is 2.04. The van der Waals surface area contributed by atoms with E-state index < -0.39 is 0 Å². The van der Waals surface area contributed by atoms with Crippen molar-refractivity contribution in [3.8, 4) is 0 Å². The van der Waals surface area contributed by atoms with Gasteiger partial charge in [0.1, 0.15) is 5.78 Å². The summed E-state index contributed by atoms with van der Waals surface area (Å²) >= 11 is 0. The normalized spacial score (nSPS) is 18.9. The van der Waals surface area contributed by atoms with Gasteiger partial charge >= 0.3 is 0 Å². The van der Waals surface area contributed by atoms with Gasteiger partial charge in [0.25, 0.3) is 0 Å². The summed E-state index contributed by atoms with van der Waals surface area (Å²) in [5.74, 6) is 0.216. The van der Waals surface area contributed by atoms with Gasteiger partial charge in [0, 0.05) is 18.4 Å². The van der Waals surface area contributed by atoms with Crippen molar-refractivity contribution in [2.45, 2.75) is 37.6 Å². The van der Waals surface area contributed by atoms with E-state index in [1.165, 1.54) is 0 Å². The van der Waals surface area contributed by atoms with E-state index in [2.05, 4.69) is 0 Å². The third-order valence-electron chi connectivity index (χ3n) is 2.88. The zero-order valence-electron chi connectivity index (χ0n) is 8.16. The summed E-state index contributed by atoms with van der Waals surface area (Å²) in [5, 5.41) is 0. The van der Waals surface area contributed by atoms with Gasteiger partial charge in [-0.2, -0.15) is 0 Å². The van der Waals surface area contributed by atoms with Gasteiger partial charge in [0.15, 0.2) is 0 Å². The second-order valence-electron chi connectivity index (χ2n) is 4.24. The van der Waals surface area contributed by atoms with Gasteiger partial charge in [0.2, 0.25) is 0 Å². The Morgan fingerprint density at radius 3 is 2.86 bits per heavy atom. The van der Waals surface area contributed by atoms with Crippen LogP contribution in [0.3, 0.4) is 0 Å². The zero-order chi connectivity index (χ0) is 10.0. The molecule has 0 atom stereocenters. The van der Waals surface area contributed by atoms with Crippen LogP contribution < -0.4 is 5.73 Å². The molecule has 2 N–H and O–H groups in total. The van der Waals surface area contributed by atoms with Crippen molar-refractivity contribution in [2.24, 2.45) is 5.73 Å². The molecule has 1 aromatic rings. The Bertz CT molecular complexity index is 312. The van der Waals surface area contributed by atoms with E-state index in [1.807, 2.05) is 6.07 Å². The molecule has 76 valence electrons. The van der Waals surface area contributed by atoms with Crippen molar-refractivity contribution in [2.75, 3.05) is 0 Å². The van der Waals surface area contributed by atoms with Crippen LogP contribution in [0.25, 0.3) is 0 Å². The molecule has 3 heteroatoms. The number of carbonyl (C=O) groups excluding carboxylic acids is 1. The fourth-order valence-corrected chi connectivity index (χ4v) is 1.88. The van der Waals surface area contributed by atoms with Gasteiger partial charge in [-0.25, -0.2) is 0 Å². The van der Waals surface area contributed by atoms with E-state index in [9.17, 15) is 4.79 Å². The van der Waals surface area contributed by atoms with Crippen LogP contribution in [0.1, 0.15) is 31.2 Å². The van der Waals surface area contributed by atoms with Crippen LogP contribution in [-0.2, 0) is 11.2 Å². The van der Waals surface area contributed by atoms with Crippen LogP contribution >= 0.6 is 0 Å². The second-order valence-corrected chi connectivity index (χ2v) is 4.24. The fourth-order valence-electron chi connectivity index (χ4n) is 1.88. The summed E-state index contributed by atoms with van der Waals surface area (Å²) < 4.78 is 4.90. The fraction of sp³-hybridized carbons (Fsp3) is 0.545. The van der Waals surface area contributed by atoms with Crippen LogP contribution in [-0.4, -0.2) is 11.3 Å². The van der Waals surface area contributed by atoms with Crippen molar-refractivity contribution in [1.29, 1.82) is 0 Å². The Balaban J connectivity index is 1.84. The first-order chi connectivity index (χ1) is 6.68. The number of hydrogen-bond acceptors (Lipinski definition) is 3. The van der Waals surface area contributed by atoms with Gasteiger partial charge in [-0.3, -0.25) is 4.79 Å². The maximum Gasteiger partial charge on any atom is 0.139 e.